The third-order valence-corrected chi connectivity index (χ3v) is 4.64. The maximum atomic E-state index is 12.5. The standard InChI is InChI=1S/C17H23NO2/c1-13-6-2-3-7-14(13)16(19)12-18-10-11-20-17-9-5-4-8-15(17)18/h2-3,6-7,15,17H,4-5,8-12H2,1H3. The van der Waals surface area contributed by atoms with E-state index in [1.165, 1.54) is 19.3 Å². The zero-order valence-electron chi connectivity index (χ0n) is 12.2. The molecule has 0 amide bonds. The van der Waals surface area contributed by atoms with Gasteiger partial charge in [-0.15, -0.1) is 0 Å². The van der Waals surface area contributed by atoms with E-state index < -0.39 is 0 Å². The zero-order chi connectivity index (χ0) is 13.9. The molecule has 1 saturated carbocycles. The molecule has 0 bridgehead atoms. The molecule has 108 valence electrons. The first-order chi connectivity index (χ1) is 9.75. The second kappa shape index (κ2) is 6.06. The summed E-state index contributed by atoms with van der Waals surface area (Å²) in [5, 5.41) is 0. The van der Waals surface area contributed by atoms with Gasteiger partial charge in [-0.05, 0) is 25.3 Å². The van der Waals surface area contributed by atoms with Crippen LogP contribution in [0.4, 0.5) is 0 Å². The highest BCUT2D eigenvalue weighted by Gasteiger charge is 2.34. The molecule has 20 heavy (non-hydrogen) atoms. The Balaban J connectivity index is 1.70. The van der Waals surface area contributed by atoms with Crippen molar-refractivity contribution >= 4 is 5.78 Å². The highest BCUT2D eigenvalue weighted by molar-refractivity contribution is 5.98. The maximum Gasteiger partial charge on any atom is 0.177 e. The van der Waals surface area contributed by atoms with Gasteiger partial charge in [0.1, 0.15) is 0 Å². The molecular formula is C17H23NO2. The second-order valence-electron chi connectivity index (χ2n) is 5.97. The van der Waals surface area contributed by atoms with Crippen molar-refractivity contribution in [2.24, 2.45) is 0 Å². The quantitative estimate of drug-likeness (QED) is 0.793. The summed E-state index contributed by atoms with van der Waals surface area (Å²) in [6.07, 6.45) is 5.20. The van der Waals surface area contributed by atoms with Crippen LogP contribution < -0.4 is 0 Å². The van der Waals surface area contributed by atoms with Gasteiger partial charge in [-0.1, -0.05) is 37.1 Å². The van der Waals surface area contributed by atoms with Gasteiger partial charge in [0.25, 0.3) is 0 Å². The monoisotopic (exact) mass is 273 g/mol. The lowest BCUT2D eigenvalue weighted by Crippen LogP contribution is -2.54. The van der Waals surface area contributed by atoms with Crippen molar-refractivity contribution in [2.45, 2.75) is 44.8 Å². The Morgan fingerprint density at radius 3 is 2.95 bits per heavy atom. The normalized spacial score (nSPS) is 27.1. The fourth-order valence-corrected chi connectivity index (χ4v) is 3.53. The van der Waals surface area contributed by atoms with Gasteiger partial charge in [-0.3, -0.25) is 9.69 Å². The first-order valence-corrected chi connectivity index (χ1v) is 7.70. The third-order valence-electron chi connectivity index (χ3n) is 4.64. The Morgan fingerprint density at radius 2 is 2.10 bits per heavy atom. The van der Waals surface area contributed by atoms with E-state index in [4.69, 9.17) is 4.74 Å². The number of ketones is 1. The molecule has 1 aromatic rings. The molecule has 1 aliphatic heterocycles. The number of fused-ring (bicyclic) bond motifs is 1. The van der Waals surface area contributed by atoms with Crippen molar-refractivity contribution in [1.82, 2.24) is 4.90 Å². The Hall–Kier alpha value is -1.19. The van der Waals surface area contributed by atoms with Crippen LogP contribution in [-0.2, 0) is 4.74 Å². The first-order valence-electron chi connectivity index (χ1n) is 7.70. The van der Waals surface area contributed by atoms with E-state index in [0.717, 1.165) is 30.7 Å². The molecular weight excluding hydrogens is 250 g/mol. The first kappa shape index (κ1) is 13.8. The largest absolute Gasteiger partial charge is 0.375 e. The molecule has 0 N–H and O–H groups in total. The molecule has 3 nitrogen and oxygen atoms in total. The van der Waals surface area contributed by atoms with Crippen molar-refractivity contribution < 1.29 is 9.53 Å². The molecule has 0 radical (unpaired) electrons. The predicted molar refractivity (Wildman–Crippen MR) is 79.1 cm³/mol. The molecule has 0 aromatic heterocycles. The lowest BCUT2D eigenvalue weighted by atomic mass is 9.89. The van der Waals surface area contributed by atoms with Crippen LogP contribution in [0.2, 0.25) is 0 Å². The van der Waals surface area contributed by atoms with Gasteiger partial charge in [0.05, 0.1) is 19.3 Å². The average molecular weight is 273 g/mol. The SMILES string of the molecule is Cc1ccccc1C(=O)CN1CCOC2CCCCC21. The number of aryl methyl sites for hydroxylation is 1. The summed E-state index contributed by atoms with van der Waals surface area (Å²) < 4.78 is 5.87. The van der Waals surface area contributed by atoms with Gasteiger partial charge >= 0.3 is 0 Å². The van der Waals surface area contributed by atoms with Crippen molar-refractivity contribution in [3.63, 3.8) is 0 Å². The Morgan fingerprint density at radius 1 is 1.30 bits per heavy atom. The molecule has 2 atom stereocenters. The van der Waals surface area contributed by atoms with Gasteiger partial charge in [-0.25, -0.2) is 0 Å². The molecule has 1 aromatic carbocycles. The summed E-state index contributed by atoms with van der Waals surface area (Å²) in [6, 6.07) is 8.33. The minimum absolute atomic E-state index is 0.245. The van der Waals surface area contributed by atoms with Crippen molar-refractivity contribution in [1.29, 1.82) is 0 Å². The van der Waals surface area contributed by atoms with E-state index in [-0.39, 0.29) is 5.78 Å². The minimum atomic E-state index is 0.245. The smallest absolute Gasteiger partial charge is 0.177 e. The van der Waals surface area contributed by atoms with Crippen molar-refractivity contribution in [3.05, 3.63) is 35.4 Å². The molecule has 1 aliphatic carbocycles. The van der Waals surface area contributed by atoms with E-state index in [0.29, 0.717) is 18.7 Å². The topological polar surface area (TPSA) is 29.5 Å². The third kappa shape index (κ3) is 2.79. The van der Waals surface area contributed by atoms with E-state index in [1.54, 1.807) is 0 Å². The number of hydrogen-bond donors (Lipinski definition) is 0. The number of ether oxygens (including phenoxy) is 1. The summed E-state index contributed by atoms with van der Waals surface area (Å²) in [7, 11) is 0. The van der Waals surface area contributed by atoms with Crippen LogP contribution in [0.25, 0.3) is 0 Å². The van der Waals surface area contributed by atoms with Crippen LogP contribution in [-0.4, -0.2) is 42.5 Å². The minimum Gasteiger partial charge on any atom is -0.375 e. The van der Waals surface area contributed by atoms with E-state index >= 15 is 0 Å². The summed E-state index contributed by atoms with van der Waals surface area (Å²) in [5.41, 5.74) is 1.94. The number of hydrogen-bond acceptors (Lipinski definition) is 3. The van der Waals surface area contributed by atoms with Gasteiger partial charge in [0, 0.05) is 18.2 Å². The van der Waals surface area contributed by atoms with Crippen LogP contribution in [0.15, 0.2) is 24.3 Å². The van der Waals surface area contributed by atoms with Crippen molar-refractivity contribution in [2.75, 3.05) is 19.7 Å². The van der Waals surface area contributed by atoms with Crippen molar-refractivity contribution in [3.8, 4) is 0 Å². The molecule has 1 heterocycles. The number of benzene rings is 1. The van der Waals surface area contributed by atoms with Crippen LogP contribution >= 0.6 is 0 Å². The fraction of sp³-hybridized carbons (Fsp3) is 0.588. The van der Waals surface area contributed by atoms with Crippen LogP contribution in [0.3, 0.4) is 0 Å². The van der Waals surface area contributed by atoms with E-state index in [2.05, 4.69) is 4.90 Å². The van der Waals surface area contributed by atoms with E-state index in [1.807, 2.05) is 31.2 Å². The number of Topliss-reactive ketones (excluding diaryl/α,β-unsaturated/α-hetero) is 1. The van der Waals surface area contributed by atoms with Crippen LogP contribution in [0.5, 0.6) is 0 Å². The number of morpholine rings is 1. The molecule has 2 aliphatic rings. The highest BCUT2D eigenvalue weighted by Crippen LogP contribution is 2.28. The van der Waals surface area contributed by atoms with Crippen LogP contribution in [0.1, 0.15) is 41.6 Å². The average Bonchev–Trinajstić information content (AvgIpc) is 2.48. The predicted octanol–water partition coefficient (Wildman–Crippen LogP) is 2.82. The second-order valence-corrected chi connectivity index (χ2v) is 5.97. The van der Waals surface area contributed by atoms with Gasteiger partial charge in [0.15, 0.2) is 5.78 Å². The summed E-state index contributed by atoms with van der Waals surface area (Å²) in [5.74, 6) is 0.245. The van der Waals surface area contributed by atoms with Gasteiger partial charge in [0.2, 0.25) is 0 Å². The molecule has 3 heteroatoms. The number of carbonyl (C=O) groups excluding carboxylic acids is 1. The Labute approximate surface area is 120 Å². The van der Waals surface area contributed by atoms with Gasteiger partial charge in [-0.2, -0.15) is 0 Å². The summed E-state index contributed by atoms with van der Waals surface area (Å²) in [4.78, 5) is 14.9. The summed E-state index contributed by atoms with van der Waals surface area (Å²) >= 11 is 0. The molecule has 3 rings (SSSR count). The number of carbonyl (C=O) groups is 1. The highest BCUT2D eigenvalue weighted by atomic mass is 16.5. The number of rotatable bonds is 3. The molecule has 2 unspecified atom stereocenters. The fourth-order valence-electron chi connectivity index (χ4n) is 3.53. The Bertz CT molecular complexity index is 484. The Kier molecular flexibility index (Phi) is 4.18. The van der Waals surface area contributed by atoms with E-state index in [9.17, 15) is 4.79 Å². The lowest BCUT2D eigenvalue weighted by Gasteiger charge is -2.43. The molecule has 1 saturated heterocycles. The lowest BCUT2D eigenvalue weighted by molar-refractivity contribution is -0.0846. The molecule has 0 spiro atoms. The van der Waals surface area contributed by atoms with Crippen LogP contribution in [0, 0.1) is 6.92 Å². The maximum absolute atomic E-state index is 12.5. The van der Waals surface area contributed by atoms with Gasteiger partial charge < -0.3 is 4.74 Å². The molecule has 2 fully saturated rings. The number of nitrogens with zero attached hydrogens (tertiary/aromatic N) is 1. The summed E-state index contributed by atoms with van der Waals surface area (Å²) in [6.45, 7) is 4.20. The zero-order valence-corrected chi connectivity index (χ0v) is 12.2.